The molecule has 4 aliphatic rings. The minimum Gasteiger partial charge on any atom is -0.457 e. The second-order valence-electron chi connectivity index (χ2n) is 15.2. The van der Waals surface area contributed by atoms with Crippen LogP contribution >= 0.6 is 15.9 Å². The van der Waals surface area contributed by atoms with Crippen molar-refractivity contribution in [3.63, 3.8) is 0 Å². The second kappa shape index (κ2) is 11.6. The van der Waals surface area contributed by atoms with Gasteiger partial charge in [-0.2, -0.15) is 0 Å². The molecule has 9 heteroatoms. The number of fused-ring (bicyclic) bond motifs is 1. The number of aliphatic hydroxyl groups is 2. The van der Waals surface area contributed by atoms with Crippen molar-refractivity contribution in [3.05, 3.63) is 0 Å². The van der Waals surface area contributed by atoms with Gasteiger partial charge in [-0.1, -0.05) is 15.9 Å². The minimum absolute atomic E-state index is 0.0115. The van der Waals surface area contributed by atoms with E-state index in [0.29, 0.717) is 36.9 Å². The third-order valence-corrected chi connectivity index (χ3v) is 12.2. The van der Waals surface area contributed by atoms with Gasteiger partial charge in [0.2, 0.25) is 0 Å². The van der Waals surface area contributed by atoms with Gasteiger partial charge >= 0.3 is 5.97 Å². The van der Waals surface area contributed by atoms with Crippen LogP contribution in [-0.4, -0.2) is 85.1 Å². The highest BCUT2D eigenvalue weighted by Gasteiger charge is 2.55. The van der Waals surface area contributed by atoms with E-state index in [0.717, 1.165) is 32.1 Å². The Bertz CT molecular complexity index is 954. The van der Waals surface area contributed by atoms with Gasteiger partial charge in [0.25, 0.3) is 0 Å². The molecule has 8 nitrogen and oxygen atoms in total. The summed E-state index contributed by atoms with van der Waals surface area (Å²) in [5.41, 5.74) is -3.71. The average Bonchev–Trinajstić information content (AvgIpc) is 3.27. The van der Waals surface area contributed by atoms with E-state index in [9.17, 15) is 15.0 Å². The number of alkyl halides is 1. The van der Waals surface area contributed by atoms with Gasteiger partial charge in [0.05, 0.1) is 58.5 Å². The van der Waals surface area contributed by atoms with Gasteiger partial charge in [-0.25, -0.2) is 0 Å². The van der Waals surface area contributed by atoms with Crippen molar-refractivity contribution in [2.45, 2.75) is 195 Å². The van der Waals surface area contributed by atoms with Crippen LogP contribution in [0.3, 0.4) is 0 Å². The molecule has 2 N–H and O–H groups in total. The van der Waals surface area contributed by atoms with E-state index < -0.39 is 28.5 Å². The molecule has 0 amide bonds. The molecule has 238 valence electrons. The highest BCUT2D eigenvalue weighted by molar-refractivity contribution is 9.09. The molecule has 0 bridgehead atoms. The van der Waals surface area contributed by atoms with Crippen LogP contribution < -0.4 is 0 Å². The van der Waals surface area contributed by atoms with Crippen molar-refractivity contribution in [1.29, 1.82) is 0 Å². The number of halogens is 1. The van der Waals surface area contributed by atoms with Crippen molar-refractivity contribution < 1.29 is 38.7 Å². The molecule has 0 spiro atoms. The number of hydrogen-bond acceptors (Lipinski definition) is 8. The molecule has 0 aromatic carbocycles. The third-order valence-electron chi connectivity index (χ3n) is 10.7. The number of ether oxygens (including phenoxy) is 5. The number of carbonyl (C=O) groups is 1. The first-order valence-electron chi connectivity index (χ1n) is 15.7. The Morgan fingerprint density at radius 3 is 2.20 bits per heavy atom. The molecule has 4 rings (SSSR count). The van der Waals surface area contributed by atoms with Crippen LogP contribution in [0, 0.1) is 0 Å². The third kappa shape index (κ3) is 7.02. The van der Waals surface area contributed by atoms with E-state index in [-0.39, 0.29) is 41.6 Å². The highest BCUT2D eigenvalue weighted by atomic mass is 79.9. The van der Waals surface area contributed by atoms with Gasteiger partial charge in [-0.15, -0.1) is 0 Å². The molecular weight excluding hydrogens is 592 g/mol. The second-order valence-corrected chi connectivity index (χ2v) is 16.3. The zero-order chi connectivity index (χ0) is 30.6. The van der Waals surface area contributed by atoms with Crippen LogP contribution in [0.15, 0.2) is 0 Å². The molecule has 4 heterocycles. The molecule has 10 atom stereocenters. The molecule has 1 unspecified atom stereocenters. The summed E-state index contributed by atoms with van der Waals surface area (Å²) in [7, 11) is 0. The van der Waals surface area contributed by atoms with Crippen LogP contribution in [0.1, 0.15) is 127 Å². The normalized spacial score (nSPS) is 43.6. The van der Waals surface area contributed by atoms with Crippen molar-refractivity contribution in [1.82, 2.24) is 0 Å². The maximum atomic E-state index is 11.6. The number of hydrogen-bond donors (Lipinski definition) is 2. The predicted molar refractivity (Wildman–Crippen MR) is 160 cm³/mol. The summed E-state index contributed by atoms with van der Waals surface area (Å²) >= 11 is 3.79. The van der Waals surface area contributed by atoms with Gasteiger partial charge in [-0.05, 0) is 120 Å². The molecule has 0 radical (unpaired) electrons. The Kier molecular flexibility index (Phi) is 9.48. The van der Waals surface area contributed by atoms with E-state index in [4.69, 9.17) is 23.7 Å². The zero-order valence-corrected chi connectivity index (χ0v) is 28.3. The van der Waals surface area contributed by atoms with Crippen LogP contribution in [0.2, 0.25) is 0 Å². The minimum atomic E-state index is -1.11. The van der Waals surface area contributed by atoms with E-state index >= 15 is 0 Å². The molecule has 4 fully saturated rings. The lowest BCUT2D eigenvalue weighted by Crippen LogP contribution is -2.63. The number of aliphatic hydroxyl groups excluding tert-OH is 1. The van der Waals surface area contributed by atoms with Crippen LogP contribution in [-0.2, 0) is 28.5 Å². The summed E-state index contributed by atoms with van der Waals surface area (Å²) in [4.78, 5) is 11.9. The summed E-state index contributed by atoms with van der Waals surface area (Å²) in [5, 5.41) is 22.8. The van der Waals surface area contributed by atoms with E-state index in [1.165, 1.54) is 6.92 Å². The largest absolute Gasteiger partial charge is 0.457 e. The van der Waals surface area contributed by atoms with Crippen LogP contribution in [0.5, 0.6) is 0 Å². The van der Waals surface area contributed by atoms with Crippen molar-refractivity contribution in [2.24, 2.45) is 0 Å². The summed E-state index contributed by atoms with van der Waals surface area (Å²) in [6, 6.07) is 0. The zero-order valence-electron chi connectivity index (χ0n) is 26.8. The molecule has 4 saturated heterocycles. The quantitative estimate of drug-likeness (QED) is 0.254. The molecule has 0 saturated carbocycles. The molecule has 4 aliphatic heterocycles. The predicted octanol–water partition coefficient (Wildman–Crippen LogP) is 5.75. The Hall–Kier alpha value is -0.290. The smallest absolute Gasteiger partial charge is 0.303 e. The molecular formula is C32H55BrO8. The van der Waals surface area contributed by atoms with E-state index in [1.807, 2.05) is 27.7 Å². The maximum absolute atomic E-state index is 11.6. The first kappa shape index (κ1) is 33.6. The SMILES string of the molecule is CC(=O)OC(C)(C)[C@H]1CC[C@](C)([C@@H](O)CC[C@](C)(O)C2CC[C@H]3O[C@@H]([C@]4(C)CC[C@@H](Br)C(C)(C)O4)CC[C@]3(C)O2)O1. The van der Waals surface area contributed by atoms with Crippen LogP contribution in [0.25, 0.3) is 0 Å². The molecule has 0 aliphatic carbocycles. The lowest BCUT2D eigenvalue weighted by molar-refractivity contribution is -0.301. The van der Waals surface area contributed by atoms with Gasteiger partial charge in [0, 0.05) is 11.8 Å². The Morgan fingerprint density at radius 1 is 0.927 bits per heavy atom. The van der Waals surface area contributed by atoms with Crippen molar-refractivity contribution >= 4 is 21.9 Å². The number of esters is 1. The monoisotopic (exact) mass is 646 g/mol. The Labute approximate surface area is 255 Å². The topological polar surface area (TPSA) is 104 Å². The van der Waals surface area contributed by atoms with Gasteiger partial charge in [0.15, 0.2) is 0 Å². The molecule has 0 aromatic rings. The lowest BCUT2D eigenvalue weighted by atomic mass is 9.75. The standard InChI is InChI=1S/C32H55BrO8/c1-20(34)38-28(4,5)23-14-18-30(7,39-23)22(35)13-16-29(6,36)24-10-11-25-31(8,40-24)19-15-26(37-25)32(9)17-12-21(33)27(2,3)41-32/h21-26,35-36H,10-19H2,1-9H3/t21-,22+,23-,24?,25-,26-,29+,30-,31+,32+/m1/s1. The van der Waals surface area contributed by atoms with Crippen molar-refractivity contribution in [3.8, 4) is 0 Å². The first-order chi connectivity index (χ1) is 18.7. The summed E-state index contributed by atoms with van der Waals surface area (Å²) in [6.45, 7) is 17.4. The summed E-state index contributed by atoms with van der Waals surface area (Å²) in [6.07, 6.45) is 5.85. The number of carbonyl (C=O) groups excluding carboxylic acids is 1. The summed E-state index contributed by atoms with van der Waals surface area (Å²) < 4.78 is 31.8. The van der Waals surface area contributed by atoms with Gasteiger partial charge < -0.3 is 33.9 Å². The van der Waals surface area contributed by atoms with Gasteiger partial charge in [0.1, 0.15) is 5.60 Å². The Balaban J connectivity index is 1.32. The van der Waals surface area contributed by atoms with E-state index in [2.05, 4.69) is 43.6 Å². The molecule has 0 aromatic heterocycles. The van der Waals surface area contributed by atoms with Crippen LogP contribution in [0.4, 0.5) is 0 Å². The lowest BCUT2D eigenvalue weighted by Gasteiger charge is -2.56. The van der Waals surface area contributed by atoms with Crippen molar-refractivity contribution in [2.75, 3.05) is 0 Å². The Morgan fingerprint density at radius 2 is 1.56 bits per heavy atom. The summed E-state index contributed by atoms with van der Waals surface area (Å²) in [5.74, 6) is -0.348. The first-order valence-corrected chi connectivity index (χ1v) is 16.6. The fourth-order valence-electron chi connectivity index (χ4n) is 7.70. The number of rotatable bonds is 8. The maximum Gasteiger partial charge on any atom is 0.303 e. The molecule has 41 heavy (non-hydrogen) atoms. The fourth-order valence-corrected chi connectivity index (χ4v) is 8.02. The van der Waals surface area contributed by atoms with E-state index in [1.54, 1.807) is 0 Å². The average molecular weight is 648 g/mol. The fraction of sp³-hybridized carbons (Fsp3) is 0.969. The van der Waals surface area contributed by atoms with Gasteiger partial charge in [-0.3, -0.25) is 4.79 Å². The highest BCUT2D eigenvalue weighted by Crippen LogP contribution is 2.49.